The van der Waals surface area contributed by atoms with Crippen LogP contribution in [-0.2, 0) is 6.42 Å². The molecule has 0 heterocycles. The third kappa shape index (κ3) is 2.65. The first-order valence-corrected chi connectivity index (χ1v) is 7.02. The fraction of sp³-hybridized carbons (Fsp3) is 0.600. The van der Waals surface area contributed by atoms with Gasteiger partial charge in [0.25, 0.3) is 0 Å². The standard InChI is InChI=1S/C15H23BO3/c1-9(2)7-11-5-6-12-13(16(17)18)8-10(3)15(19-4)14(11)12/h8-9,11,17-18H,5-7H2,1-4H3. The van der Waals surface area contributed by atoms with Gasteiger partial charge in [-0.1, -0.05) is 19.9 Å². The van der Waals surface area contributed by atoms with Crippen molar-refractivity contribution in [1.29, 1.82) is 0 Å². The summed E-state index contributed by atoms with van der Waals surface area (Å²) in [7, 11) is 0.304. The Morgan fingerprint density at radius 2 is 2.11 bits per heavy atom. The molecule has 3 nitrogen and oxygen atoms in total. The van der Waals surface area contributed by atoms with Crippen LogP contribution in [0, 0.1) is 12.8 Å². The molecule has 0 aromatic heterocycles. The monoisotopic (exact) mass is 262 g/mol. The molecule has 0 fully saturated rings. The van der Waals surface area contributed by atoms with Crippen molar-refractivity contribution in [3.8, 4) is 5.75 Å². The predicted molar refractivity (Wildman–Crippen MR) is 78.1 cm³/mol. The minimum Gasteiger partial charge on any atom is -0.496 e. The van der Waals surface area contributed by atoms with Crippen LogP contribution < -0.4 is 10.2 Å². The summed E-state index contributed by atoms with van der Waals surface area (Å²) >= 11 is 0. The largest absolute Gasteiger partial charge is 0.496 e. The van der Waals surface area contributed by atoms with Crippen molar-refractivity contribution in [1.82, 2.24) is 0 Å². The molecule has 1 aromatic rings. The maximum Gasteiger partial charge on any atom is 0.488 e. The smallest absolute Gasteiger partial charge is 0.488 e. The molecule has 0 saturated heterocycles. The number of rotatable bonds is 4. The first-order chi connectivity index (χ1) is 8.95. The highest BCUT2D eigenvalue weighted by molar-refractivity contribution is 6.59. The molecule has 2 N–H and O–H groups in total. The summed E-state index contributed by atoms with van der Waals surface area (Å²) in [6, 6.07) is 1.85. The molecule has 1 atom stereocenters. The van der Waals surface area contributed by atoms with E-state index in [-0.39, 0.29) is 0 Å². The van der Waals surface area contributed by atoms with E-state index in [2.05, 4.69) is 13.8 Å². The molecule has 0 saturated carbocycles. The van der Waals surface area contributed by atoms with Gasteiger partial charge in [0.15, 0.2) is 0 Å². The predicted octanol–water partition coefficient (Wildman–Crippen LogP) is 1.76. The lowest BCUT2D eigenvalue weighted by atomic mass is 9.74. The topological polar surface area (TPSA) is 49.7 Å². The van der Waals surface area contributed by atoms with E-state index in [0.29, 0.717) is 17.3 Å². The average molecular weight is 262 g/mol. The molecule has 19 heavy (non-hydrogen) atoms. The van der Waals surface area contributed by atoms with Crippen LogP contribution in [0.3, 0.4) is 0 Å². The summed E-state index contributed by atoms with van der Waals surface area (Å²) in [5.74, 6) is 2.04. The zero-order valence-electron chi connectivity index (χ0n) is 12.2. The third-order valence-corrected chi connectivity index (χ3v) is 4.04. The van der Waals surface area contributed by atoms with Crippen molar-refractivity contribution in [3.05, 3.63) is 22.8 Å². The highest BCUT2D eigenvalue weighted by Gasteiger charge is 2.32. The van der Waals surface area contributed by atoms with Crippen molar-refractivity contribution in [2.24, 2.45) is 5.92 Å². The van der Waals surface area contributed by atoms with E-state index in [9.17, 15) is 10.0 Å². The van der Waals surface area contributed by atoms with Crippen LogP contribution in [0.25, 0.3) is 0 Å². The van der Waals surface area contributed by atoms with Crippen molar-refractivity contribution in [2.45, 2.75) is 46.0 Å². The van der Waals surface area contributed by atoms with Crippen molar-refractivity contribution >= 4 is 12.6 Å². The van der Waals surface area contributed by atoms with Gasteiger partial charge in [-0.2, -0.15) is 0 Å². The molecule has 1 aromatic carbocycles. The highest BCUT2D eigenvalue weighted by Crippen LogP contribution is 2.43. The number of hydrogen-bond donors (Lipinski definition) is 2. The SMILES string of the molecule is COc1c(C)cc(B(O)O)c2c1C(CC(C)C)CC2. The summed E-state index contributed by atoms with van der Waals surface area (Å²) in [6.07, 6.45) is 3.11. The zero-order valence-corrected chi connectivity index (χ0v) is 12.2. The normalized spacial score (nSPS) is 17.7. The van der Waals surface area contributed by atoms with E-state index in [1.54, 1.807) is 7.11 Å². The molecule has 1 aliphatic carbocycles. The third-order valence-electron chi connectivity index (χ3n) is 4.04. The van der Waals surface area contributed by atoms with Crippen LogP contribution in [0.15, 0.2) is 6.07 Å². The summed E-state index contributed by atoms with van der Waals surface area (Å²) in [6.45, 7) is 6.42. The molecule has 1 unspecified atom stereocenters. The summed E-state index contributed by atoms with van der Waals surface area (Å²) in [4.78, 5) is 0. The maximum absolute atomic E-state index is 9.56. The van der Waals surface area contributed by atoms with Gasteiger partial charge in [0.1, 0.15) is 5.75 Å². The number of hydrogen-bond acceptors (Lipinski definition) is 3. The lowest BCUT2D eigenvalue weighted by Crippen LogP contribution is -2.33. The van der Waals surface area contributed by atoms with Crippen molar-refractivity contribution in [2.75, 3.05) is 7.11 Å². The number of methoxy groups -OCH3 is 1. The molecule has 2 rings (SSSR count). The molecule has 0 spiro atoms. The molecular formula is C15H23BO3. The second kappa shape index (κ2) is 5.55. The van der Waals surface area contributed by atoms with E-state index in [1.807, 2.05) is 13.0 Å². The van der Waals surface area contributed by atoms with E-state index in [4.69, 9.17) is 4.74 Å². The van der Waals surface area contributed by atoms with Gasteiger partial charge in [-0.15, -0.1) is 0 Å². The van der Waals surface area contributed by atoms with Gasteiger partial charge in [-0.05, 0) is 54.6 Å². The Morgan fingerprint density at radius 1 is 1.42 bits per heavy atom. The van der Waals surface area contributed by atoms with Gasteiger partial charge < -0.3 is 14.8 Å². The fourth-order valence-corrected chi connectivity index (χ4v) is 3.37. The van der Waals surface area contributed by atoms with E-state index in [0.717, 1.165) is 36.1 Å². The lowest BCUT2D eigenvalue weighted by molar-refractivity contribution is 0.397. The van der Waals surface area contributed by atoms with E-state index < -0.39 is 7.12 Å². The second-order valence-corrected chi connectivity index (χ2v) is 5.95. The number of benzene rings is 1. The Balaban J connectivity index is 2.54. The van der Waals surface area contributed by atoms with Crippen LogP contribution in [0.5, 0.6) is 5.75 Å². The summed E-state index contributed by atoms with van der Waals surface area (Å²) in [5.41, 5.74) is 3.93. The zero-order chi connectivity index (χ0) is 14.2. The fourth-order valence-electron chi connectivity index (χ4n) is 3.37. The molecular weight excluding hydrogens is 239 g/mol. The molecule has 1 aliphatic rings. The van der Waals surface area contributed by atoms with Crippen LogP contribution in [0.4, 0.5) is 0 Å². The second-order valence-electron chi connectivity index (χ2n) is 5.95. The van der Waals surface area contributed by atoms with Crippen molar-refractivity contribution in [3.63, 3.8) is 0 Å². The minimum atomic E-state index is -1.39. The van der Waals surface area contributed by atoms with Crippen LogP contribution >= 0.6 is 0 Å². The number of ether oxygens (including phenoxy) is 1. The Morgan fingerprint density at radius 3 is 2.63 bits per heavy atom. The number of fused-ring (bicyclic) bond motifs is 1. The van der Waals surface area contributed by atoms with Gasteiger partial charge in [-0.25, -0.2) is 0 Å². The Kier molecular flexibility index (Phi) is 4.21. The van der Waals surface area contributed by atoms with Gasteiger partial charge in [-0.3, -0.25) is 0 Å². The summed E-state index contributed by atoms with van der Waals surface area (Å²) < 4.78 is 5.57. The first-order valence-electron chi connectivity index (χ1n) is 7.02. The lowest BCUT2D eigenvalue weighted by Gasteiger charge is -2.20. The van der Waals surface area contributed by atoms with Gasteiger partial charge in [0.05, 0.1) is 7.11 Å². The van der Waals surface area contributed by atoms with Gasteiger partial charge in [0.2, 0.25) is 0 Å². The van der Waals surface area contributed by atoms with Crippen molar-refractivity contribution < 1.29 is 14.8 Å². The average Bonchev–Trinajstić information content (AvgIpc) is 2.71. The molecule has 0 radical (unpaired) electrons. The maximum atomic E-state index is 9.56. The molecule has 0 aliphatic heterocycles. The Labute approximate surface area is 115 Å². The molecule has 0 amide bonds. The van der Waals surface area contributed by atoms with Crippen LogP contribution in [0.1, 0.15) is 49.3 Å². The highest BCUT2D eigenvalue weighted by atomic mass is 16.5. The number of aryl methyl sites for hydroxylation is 1. The Hall–Kier alpha value is -0.995. The van der Waals surface area contributed by atoms with Gasteiger partial charge in [0, 0.05) is 5.56 Å². The van der Waals surface area contributed by atoms with Gasteiger partial charge >= 0.3 is 7.12 Å². The summed E-state index contributed by atoms with van der Waals surface area (Å²) in [5, 5.41) is 19.1. The van der Waals surface area contributed by atoms with Crippen LogP contribution in [-0.4, -0.2) is 24.3 Å². The van der Waals surface area contributed by atoms with E-state index >= 15 is 0 Å². The first kappa shape index (κ1) is 14.4. The molecule has 0 bridgehead atoms. The molecule has 104 valence electrons. The van der Waals surface area contributed by atoms with Crippen LogP contribution in [0.2, 0.25) is 0 Å². The Bertz CT molecular complexity index is 469. The molecule has 4 heteroatoms. The minimum absolute atomic E-state index is 0.474. The van der Waals surface area contributed by atoms with E-state index in [1.165, 1.54) is 5.56 Å². The quantitative estimate of drug-likeness (QED) is 0.813.